The molecule has 0 aliphatic rings. The van der Waals surface area contributed by atoms with E-state index in [9.17, 15) is 5.11 Å². The third kappa shape index (κ3) is 4.70. The Labute approximate surface area is 150 Å². The molecule has 0 saturated heterocycles. The van der Waals surface area contributed by atoms with Crippen LogP contribution in [0, 0.1) is 7.14 Å². The summed E-state index contributed by atoms with van der Waals surface area (Å²) in [6.45, 7) is -0.0289. The number of hydrogen-bond donors (Lipinski definition) is 3. The van der Waals surface area contributed by atoms with Gasteiger partial charge in [-0.05, 0) is 93.6 Å². The van der Waals surface area contributed by atoms with E-state index in [0.717, 1.165) is 18.5 Å². The molecule has 112 valence electrons. The number of phenols is 1. The van der Waals surface area contributed by atoms with Crippen LogP contribution in [0.5, 0.6) is 17.2 Å². The number of benzene rings is 2. The number of aliphatic hydroxyl groups is 1. The number of hydrogen-bond acceptors (Lipinski definition) is 4. The van der Waals surface area contributed by atoms with Gasteiger partial charge in [0.05, 0.1) is 13.7 Å². The van der Waals surface area contributed by atoms with Gasteiger partial charge in [-0.25, -0.2) is 0 Å². The zero-order valence-corrected chi connectivity index (χ0v) is 15.4. The smallest absolute Gasteiger partial charge is 0.154 e. The van der Waals surface area contributed by atoms with Crippen LogP contribution in [0.25, 0.3) is 0 Å². The second kappa shape index (κ2) is 7.61. The second-order valence-corrected chi connectivity index (χ2v) is 6.96. The van der Waals surface area contributed by atoms with Gasteiger partial charge >= 0.3 is 0 Å². The van der Waals surface area contributed by atoms with Gasteiger partial charge in [-0.3, -0.25) is 0 Å². The molecule has 2 aromatic carbocycles. The van der Waals surface area contributed by atoms with Crippen molar-refractivity contribution in [1.29, 1.82) is 0 Å². The molecular weight excluding hydrogens is 496 g/mol. The molecule has 6 heteroatoms. The summed E-state index contributed by atoms with van der Waals surface area (Å²) >= 11 is 4.44. The van der Waals surface area contributed by atoms with Gasteiger partial charge in [-0.2, -0.15) is 0 Å². The fourth-order valence-electron chi connectivity index (χ4n) is 1.83. The van der Waals surface area contributed by atoms with Gasteiger partial charge in [0.1, 0.15) is 11.5 Å². The summed E-state index contributed by atoms with van der Waals surface area (Å²) in [5.41, 5.74) is 6.84. The highest BCUT2D eigenvalue weighted by atomic mass is 127. The minimum Gasteiger partial charge on any atom is -0.508 e. The molecule has 0 aliphatic heterocycles. The van der Waals surface area contributed by atoms with Gasteiger partial charge in [0.15, 0.2) is 5.75 Å². The Morgan fingerprint density at radius 1 is 1.10 bits per heavy atom. The van der Waals surface area contributed by atoms with Crippen molar-refractivity contribution in [3.05, 3.63) is 49.1 Å². The monoisotopic (exact) mass is 511 g/mol. The first-order valence-electron chi connectivity index (χ1n) is 6.31. The normalized spacial score (nSPS) is 12.2. The average Bonchev–Trinajstić information content (AvgIpc) is 2.44. The highest BCUT2D eigenvalue weighted by Crippen LogP contribution is 2.33. The van der Waals surface area contributed by atoms with Gasteiger partial charge in [-0.15, -0.1) is 0 Å². The molecule has 2 aromatic rings. The lowest BCUT2D eigenvalue weighted by Crippen LogP contribution is -2.26. The molecule has 4 nitrogen and oxygen atoms in total. The molecular formula is C15H15I2NO3. The quantitative estimate of drug-likeness (QED) is 0.540. The van der Waals surface area contributed by atoms with Crippen molar-refractivity contribution in [2.24, 2.45) is 5.73 Å². The molecule has 0 unspecified atom stereocenters. The van der Waals surface area contributed by atoms with Crippen LogP contribution in [0.4, 0.5) is 0 Å². The van der Waals surface area contributed by atoms with Crippen LogP contribution in [-0.2, 0) is 6.42 Å². The predicted molar refractivity (Wildman–Crippen MR) is 98.8 cm³/mol. The number of phenolic OH excluding ortho intramolecular Hbond substituents is 1. The number of aliphatic hydroxyl groups excluding tert-OH is 1. The minimum atomic E-state index is -0.250. The molecule has 0 spiro atoms. The van der Waals surface area contributed by atoms with Crippen LogP contribution < -0.4 is 10.5 Å². The molecule has 0 fully saturated rings. The number of ether oxygens (including phenoxy) is 1. The topological polar surface area (TPSA) is 75.7 Å². The van der Waals surface area contributed by atoms with Gasteiger partial charge in [-0.1, -0.05) is 0 Å². The third-order valence-electron chi connectivity index (χ3n) is 2.85. The minimum absolute atomic E-state index is 0.0289. The van der Waals surface area contributed by atoms with Crippen LogP contribution in [0.15, 0.2) is 36.4 Å². The Balaban J connectivity index is 2.22. The highest BCUT2D eigenvalue weighted by Gasteiger charge is 2.12. The first-order chi connectivity index (χ1) is 9.99. The van der Waals surface area contributed by atoms with E-state index >= 15 is 0 Å². The van der Waals surface area contributed by atoms with Crippen molar-refractivity contribution in [1.82, 2.24) is 0 Å². The predicted octanol–water partition coefficient (Wildman–Crippen LogP) is 3.26. The number of halogens is 2. The molecule has 0 bridgehead atoms. The zero-order valence-electron chi connectivity index (χ0n) is 11.1. The lowest BCUT2D eigenvalue weighted by atomic mass is 10.1. The van der Waals surface area contributed by atoms with E-state index in [-0.39, 0.29) is 18.4 Å². The first kappa shape index (κ1) is 16.8. The number of nitrogens with two attached hydrogens (primary N) is 1. The molecule has 0 saturated carbocycles. The van der Waals surface area contributed by atoms with E-state index in [0.29, 0.717) is 12.2 Å². The lowest BCUT2D eigenvalue weighted by molar-refractivity contribution is 0.265. The SMILES string of the molecule is N[C@@H](CO)Cc1cc(I)c(Oc2ccc(O)cc2)c(I)c1. The Bertz CT molecular complexity index is 594. The standard InChI is InChI=1S/C15H15I2NO3/c16-13-6-9(5-10(18)8-19)7-14(17)15(13)21-12-3-1-11(20)2-4-12/h1-4,6-7,10,19-20H,5,8,18H2/t10-/m1/s1. The van der Waals surface area contributed by atoms with Crippen LogP contribution >= 0.6 is 45.2 Å². The van der Waals surface area contributed by atoms with Crippen LogP contribution in [0.1, 0.15) is 5.56 Å². The maximum absolute atomic E-state index is 9.28. The van der Waals surface area contributed by atoms with Crippen molar-refractivity contribution in [3.63, 3.8) is 0 Å². The van der Waals surface area contributed by atoms with E-state index < -0.39 is 0 Å². The largest absolute Gasteiger partial charge is 0.508 e. The van der Waals surface area contributed by atoms with Crippen molar-refractivity contribution < 1.29 is 14.9 Å². The van der Waals surface area contributed by atoms with Gasteiger partial charge in [0, 0.05) is 6.04 Å². The molecule has 0 heterocycles. The molecule has 0 amide bonds. The summed E-state index contributed by atoms with van der Waals surface area (Å²) in [6, 6.07) is 10.4. The Morgan fingerprint density at radius 2 is 1.67 bits per heavy atom. The van der Waals surface area contributed by atoms with E-state index in [2.05, 4.69) is 45.2 Å². The van der Waals surface area contributed by atoms with Crippen molar-refractivity contribution in [3.8, 4) is 17.2 Å². The second-order valence-electron chi connectivity index (χ2n) is 4.63. The molecule has 4 N–H and O–H groups in total. The Morgan fingerprint density at radius 3 is 2.19 bits per heavy atom. The summed E-state index contributed by atoms with van der Waals surface area (Å²) in [6.07, 6.45) is 0.627. The van der Waals surface area contributed by atoms with Gasteiger partial charge in [0.25, 0.3) is 0 Å². The molecule has 1 atom stereocenters. The van der Waals surface area contributed by atoms with Crippen LogP contribution in [0.2, 0.25) is 0 Å². The summed E-state index contributed by atoms with van der Waals surface area (Å²) in [4.78, 5) is 0. The lowest BCUT2D eigenvalue weighted by Gasteiger charge is -2.14. The van der Waals surface area contributed by atoms with E-state index in [1.165, 1.54) is 0 Å². The van der Waals surface area contributed by atoms with Gasteiger partial charge < -0.3 is 20.7 Å². The van der Waals surface area contributed by atoms with E-state index in [4.69, 9.17) is 15.6 Å². The Hall–Kier alpha value is -0.580. The number of aromatic hydroxyl groups is 1. The molecule has 0 aliphatic carbocycles. The third-order valence-corrected chi connectivity index (χ3v) is 4.45. The zero-order chi connectivity index (χ0) is 15.4. The van der Waals surface area contributed by atoms with Crippen molar-refractivity contribution in [2.75, 3.05) is 6.61 Å². The molecule has 21 heavy (non-hydrogen) atoms. The van der Waals surface area contributed by atoms with Crippen LogP contribution in [-0.4, -0.2) is 22.9 Å². The first-order valence-corrected chi connectivity index (χ1v) is 8.46. The molecule has 2 rings (SSSR count). The van der Waals surface area contributed by atoms with E-state index in [1.54, 1.807) is 24.3 Å². The Kier molecular flexibility index (Phi) is 6.08. The molecule has 0 radical (unpaired) electrons. The average molecular weight is 511 g/mol. The summed E-state index contributed by atoms with van der Waals surface area (Å²) in [5, 5.41) is 18.3. The van der Waals surface area contributed by atoms with Crippen molar-refractivity contribution >= 4 is 45.2 Å². The summed E-state index contributed by atoms with van der Waals surface area (Å²) in [5.74, 6) is 1.66. The maximum atomic E-state index is 9.28. The highest BCUT2D eigenvalue weighted by molar-refractivity contribution is 14.1. The summed E-state index contributed by atoms with van der Waals surface area (Å²) in [7, 11) is 0. The van der Waals surface area contributed by atoms with Crippen molar-refractivity contribution in [2.45, 2.75) is 12.5 Å². The summed E-state index contributed by atoms with van der Waals surface area (Å²) < 4.78 is 7.83. The van der Waals surface area contributed by atoms with Crippen LogP contribution in [0.3, 0.4) is 0 Å². The molecule has 0 aromatic heterocycles. The van der Waals surface area contributed by atoms with Gasteiger partial charge in [0.2, 0.25) is 0 Å². The fourth-order valence-corrected chi connectivity index (χ4v) is 3.94. The maximum Gasteiger partial charge on any atom is 0.154 e. The number of rotatable bonds is 5. The van der Waals surface area contributed by atoms with E-state index in [1.807, 2.05) is 12.1 Å². The fraction of sp³-hybridized carbons (Fsp3) is 0.200.